The van der Waals surface area contributed by atoms with Crippen LogP contribution in [0.4, 0.5) is 0 Å². The molecule has 1 atom stereocenters. The van der Waals surface area contributed by atoms with E-state index in [0.717, 1.165) is 5.56 Å². The van der Waals surface area contributed by atoms with Gasteiger partial charge >= 0.3 is 0 Å². The van der Waals surface area contributed by atoms with Crippen molar-refractivity contribution < 1.29 is 15.6 Å². The van der Waals surface area contributed by atoms with Crippen LogP contribution in [-0.2, 0) is 4.79 Å². The minimum atomic E-state index is -1.01. The van der Waals surface area contributed by atoms with Crippen molar-refractivity contribution in [2.75, 3.05) is 6.54 Å². The Labute approximate surface area is 83.6 Å². The molecule has 0 amide bonds. The fourth-order valence-corrected chi connectivity index (χ4v) is 1.43. The molecule has 0 aromatic heterocycles. The minimum absolute atomic E-state index is 0.0272. The number of hydrogen-bond acceptors (Lipinski definition) is 2. The van der Waals surface area contributed by atoms with Crippen molar-refractivity contribution in [1.29, 1.82) is 0 Å². The minimum Gasteiger partial charge on any atom is -0.550 e. The van der Waals surface area contributed by atoms with Gasteiger partial charge in [-0.05, 0) is 18.9 Å². The predicted molar refractivity (Wildman–Crippen MR) is 51.3 cm³/mol. The molecule has 0 heterocycles. The lowest BCUT2D eigenvalue weighted by Gasteiger charge is -2.13. The van der Waals surface area contributed by atoms with Gasteiger partial charge in [-0.1, -0.05) is 29.8 Å². The lowest BCUT2D eigenvalue weighted by molar-refractivity contribution is -0.374. The van der Waals surface area contributed by atoms with Crippen molar-refractivity contribution in [3.8, 4) is 0 Å². The molecule has 0 saturated heterocycles. The third-order valence-corrected chi connectivity index (χ3v) is 2.31. The van der Waals surface area contributed by atoms with E-state index in [2.05, 4.69) is 5.73 Å². The number of aryl methyl sites for hydroxylation is 1. The Kier molecular flexibility index (Phi) is 3.65. The normalized spacial score (nSPS) is 12.4. The zero-order chi connectivity index (χ0) is 10.6. The average Bonchev–Trinajstić information content (AvgIpc) is 2.15. The molecule has 0 saturated carbocycles. The van der Waals surface area contributed by atoms with Gasteiger partial charge in [0, 0.05) is 11.9 Å². The van der Waals surface area contributed by atoms with E-state index in [1.807, 2.05) is 31.2 Å². The van der Waals surface area contributed by atoms with E-state index in [1.165, 1.54) is 5.56 Å². The number of quaternary nitrogens is 1. The summed E-state index contributed by atoms with van der Waals surface area (Å²) in [7, 11) is 0. The van der Waals surface area contributed by atoms with Crippen LogP contribution in [0.5, 0.6) is 0 Å². The van der Waals surface area contributed by atoms with Crippen molar-refractivity contribution in [2.45, 2.75) is 19.3 Å². The van der Waals surface area contributed by atoms with Crippen LogP contribution in [0.2, 0.25) is 0 Å². The van der Waals surface area contributed by atoms with Gasteiger partial charge < -0.3 is 15.6 Å². The molecule has 0 unspecified atom stereocenters. The van der Waals surface area contributed by atoms with Crippen molar-refractivity contribution in [3.05, 3.63) is 35.4 Å². The number of carboxylic acids is 1. The van der Waals surface area contributed by atoms with Gasteiger partial charge in [0.1, 0.15) is 0 Å². The van der Waals surface area contributed by atoms with E-state index in [9.17, 15) is 9.90 Å². The summed E-state index contributed by atoms with van der Waals surface area (Å²) in [4.78, 5) is 10.5. The van der Waals surface area contributed by atoms with Gasteiger partial charge in [-0.2, -0.15) is 0 Å². The van der Waals surface area contributed by atoms with Crippen LogP contribution in [0.3, 0.4) is 0 Å². The van der Waals surface area contributed by atoms with Crippen LogP contribution >= 0.6 is 0 Å². The SMILES string of the molecule is Cc1ccc([C@@H](C[NH3+])CC(=O)[O-])cc1. The van der Waals surface area contributed by atoms with Crippen LogP contribution < -0.4 is 10.8 Å². The molecule has 1 rings (SSSR count). The third-order valence-electron chi connectivity index (χ3n) is 2.31. The zero-order valence-corrected chi connectivity index (χ0v) is 8.32. The number of aliphatic carboxylic acids is 1. The summed E-state index contributed by atoms with van der Waals surface area (Å²) in [5.74, 6) is -1.04. The second kappa shape index (κ2) is 4.77. The van der Waals surface area contributed by atoms with Gasteiger partial charge in [0.15, 0.2) is 0 Å². The molecule has 3 heteroatoms. The molecule has 14 heavy (non-hydrogen) atoms. The average molecular weight is 193 g/mol. The molecular weight excluding hydrogens is 178 g/mol. The van der Waals surface area contributed by atoms with E-state index in [4.69, 9.17) is 0 Å². The topological polar surface area (TPSA) is 67.8 Å². The number of carbonyl (C=O) groups excluding carboxylic acids is 1. The van der Waals surface area contributed by atoms with Crippen molar-refractivity contribution >= 4 is 5.97 Å². The highest BCUT2D eigenvalue weighted by Crippen LogP contribution is 2.17. The van der Waals surface area contributed by atoms with E-state index in [-0.39, 0.29) is 12.3 Å². The first-order valence-corrected chi connectivity index (χ1v) is 4.69. The molecule has 0 aliphatic heterocycles. The highest BCUT2D eigenvalue weighted by Gasteiger charge is 2.11. The lowest BCUT2D eigenvalue weighted by atomic mass is 9.95. The van der Waals surface area contributed by atoms with E-state index >= 15 is 0 Å². The standard InChI is InChI=1S/C11H15NO2/c1-8-2-4-9(5-3-8)10(7-12)6-11(13)14/h2-5,10H,6-7,12H2,1H3,(H,13,14)/t10-/m1/s1. The largest absolute Gasteiger partial charge is 0.550 e. The zero-order valence-electron chi connectivity index (χ0n) is 8.32. The first-order valence-electron chi connectivity index (χ1n) is 4.69. The van der Waals surface area contributed by atoms with Gasteiger partial charge in [-0.3, -0.25) is 0 Å². The van der Waals surface area contributed by atoms with E-state index in [0.29, 0.717) is 6.54 Å². The number of hydrogen-bond donors (Lipinski definition) is 1. The van der Waals surface area contributed by atoms with Crippen molar-refractivity contribution in [3.63, 3.8) is 0 Å². The summed E-state index contributed by atoms with van der Waals surface area (Å²) < 4.78 is 0. The summed E-state index contributed by atoms with van der Waals surface area (Å²) in [5.41, 5.74) is 5.94. The smallest absolute Gasteiger partial charge is 0.0813 e. The number of rotatable bonds is 4. The fraction of sp³-hybridized carbons (Fsp3) is 0.364. The molecule has 76 valence electrons. The molecule has 0 fully saturated rings. The maximum Gasteiger partial charge on any atom is 0.0813 e. The van der Waals surface area contributed by atoms with E-state index in [1.54, 1.807) is 0 Å². The molecule has 0 bridgehead atoms. The summed E-state index contributed by atoms with van der Waals surface area (Å²) in [6, 6.07) is 7.86. The number of carboxylic acid groups (broad SMARTS) is 1. The lowest BCUT2D eigenvalue weighted by Crippen LogP contribution is -2.53. The van der Waals surface area contributed by atoms with Gasteiger partial charge in [0.2, 0.25) is 0 Å². The fourth-order valence-electron chi connectivity index (χ4n) is 1.43. The Hall–Kier alpha value is -1.35. The molecular formula is C11H15NO2. The first kappa shape index (κ1) is 10.7. The maximum absolute atomic E-state index is 10.5. The Morgan fingerprint density at radius 3 is 2.43 bits per heavy atom. The van der Waals surface area contributed by atoms with Crippen LogP contribution in [0, 0.1) is 6.92 Å². The molecule has 3 nitrogen and oxygen atoms in total. The quantitative estimate of drug-likeness (QED) is 0.697. The summed E-state index contributed by atoms with van der Waals surface area (Å²) in [5, 5.41) is 10.5. The Morgan fingerprint density at radius 1 is 1.43 bits per heavy atom. The van der Waals surface area contributed by atoms with Gasteiger partial charge in [-0.25, -0.2) is 0 Å². The Balaban J connectivity index is 2.78. The number of carbonyl (C=O) groups is 1. The van der Waals surface area contributed by atoms with Gasteiger partial charge in [0.25, 0.3) is 0 Å². The second-order valence-electron chi connectivity index (χ2n) is 3.47. The Morgan fingerprint density at radius 2 is 2.00 bits per heavy atom. The second-order valence-corrected chi connectivity index (χ2v) is 3.47. The highest BCUT2D eigenvalue weighted by atomic mass is 16.4. The molecule has 1 aromatic rings. The van der Waals surface area contributed by atoms with Gasteiger partial charge in [0.05, 0.1) is 6.54 Å². The monoisotopic (exact) mass is 193 g/mol. The Bertz CT molecular complexity index is 306. The van der Waals surface area contributed by atoms with Gasteiger partial charge in [-0.15, -0.1) is 0 Å². The third kappa shape index (κ3) is 2.85. The maximum atomic E-state index is 10.5. The molecule has 3 N–H and O–H groups in total. The molecule has 0 radical (unpaired) electrons. The predicted octanol–water partition coefficient (Wildman–Crippen LogP) is -0.539. The van der Waals surface area contributed by atoms with E-state index < -0.39 is 5.97 Å². The highest BCUT2D eigenvalue weighted by molar-refractivity contribution is 5.65. The van der Waals surface area contributed by atoms with Crippen LogP contribution in [0.25, 0.3) is 0 Å². The first-order chi connectivity index (χ1) is 6.63. The summed E-state index contributed by atoms with van der Waals surface area (Å²) >= 11 is 0. The van der Waals surface area contributed by atoms with Crippen LogP contribution in [0.15, 0.2) is 24.3 Å². The number of benzene rings is 1. The van der Waals surface area contributed by atoms with Crippen LogP contribution in [0.1, 0.15) is 23.5 Å². The summed E-state index contributed by atoms with van der Waals surface area (Å²) in [6.45, 7) is 2.58. The molecule has 0 aliphatic rings. The van der Waals surface area contributed by atoms with Crippen molar-refractivity contribution in [2.24, 2.45) is 0 Å². The molecule has 0 spiro atoms. The van der Waals surface area contributed by atoms with Crippen molar-refractivity contribution in [1.82, 2.24) is 0 Å². The van der Waals surface area contributed by atoms with Crippen LogP contribution in [-0.4, -0.2) is 12.5 Å². The summed E-state index contributed by atoms with van der Waals surface area (Å²) in [6.07, 6.45) is 0.0482. The molecule has 0 aliphatic carbocycles. The molecule has 1 aromatic carbocycles.